The van der Waals surface area contributed by atoms with Gasteiger partial charge in [-0.3, -0.25) is 4.98 Å². The van der Waals surface area contributed by atoms with E-state index in [0.29, 0.717) is 12.5 Å². The average Bonchev–Trinajstić information content (AvgIpc) is 2.52. The Kier molecular flexibility index (Phi) is 4.26. The third-order valence-corrected chi connectivity index (χ3v) is 3.31. The van der Waals surface area contributed by atoms with Gasteiger partial charge in [0.1, 0.15) is 0 Å². The summed E-state index contributed by atoms with van der Waals surface area (Å²) in [6.45, 7) is 0.583. The lowest BCUT2D eigenvalue weighted by molar-refractivity contribution is 0.303. The molecule has 1 aromatic carbocycles. The summed E-state index contributed by atoms with van der Waals surface area (Å²) in [6.07, 6.45) is 5.45. The zero-order chi connectivity index (χ0) is 14.5. The number of pyridine rings is 1. The van der Waals surface area contributed by atoms with Crippen LogP contribution >= 0.6 is 11.6 Å². The van der Waals surface area contributed by atoms with Crippen LogP contribution in [0.5, 0.6) is 5.88 Å². The van der Waals surface area contributed by atoms with Crippen molar-refractivity contribution in [3.8, 4) is 5.88 Å². The lowest BCUT2D eigenvalue weighted by Gasteiger charge is -2.08. The lowest BCUT2D eigenvalue weighted by atomic mass is 10.1. The maximum Gasteiger partial charge on any atom is 0.226 e. The van der Waals surface area contributed by atoms with Crippen molar-refractivity contribution in [1.82, 2.24) is 15.0 Å². The van der Waals surface area contributed by atoms with Gasteiger partial charge in [-0.25, -0.2) is 4.98 Å². The van der Waals surface area contributed by atoms with Crippen LogP contribution in [0.25, 0.3) is 10.9 Å². The van der Waals surface area contributed by atoms with Gasteiger partial charge in [0.2, 0.25) is 11.2 Å². The van der Waals surface area contributed by atoms with Crippen LogP contribution in [-0.2, 0) is 6.42 Å². The number of ether oxygens (including phenoxy) is 1. The van der Waals surface area contributed by atoms with Gasteiger partial charge in [0.15, 0.2) is 0 Å². The standard InChI is InChI=1S/C16H14ClN3O/c17-16-19-14-6-2-1-5-13(14)15(20-16)21-11-3-4-12-7-9-18-10-8-12/h1-2,5-10H,3-4,11H2. The molecule has 5 heteroatoms. The Morgan fingerprint density at radius 3 is 2.67 bits per heavy atom. The fourth-order valence-corrected chi connectivity index (χ4v) is 2.29. The summed E-state index contributed by atoms with van der Waals surface area (Å²) in [5.74, 6) is 0.542. The number of fused-ring (bicyclic) bond motifs is 1. The predicted molar refractivity (Wildman–Crippen MR) is 82.6 cm³/mol. The second kappa shape index (κ2) is 6.50. The number of para-hydroxylation sites is 1. The van der Waals surface area contributed by atoms with Gasteiger partial charge in [0.05, 0.1) is 17.5 Å². The zero-order valence-corrected chi connectivity index (χ0v) is 12.1. The number of nitrogens with zero attached hydrogens (tertiary/aromatic N) is 3. The molecule has 106 valence electrons. The first-order chi connectivity index (χ1) is 10.3. The van der Waals surface area contributed by atoms with E-state index in [1.807, 2.05) is 36.4 Å². The van der Waals surface area contributed by atoms with E-state index >= 15 is 0 Å². The van der Waals surface area contributed by atoms with E-state index in [-0.39, 0.29) is 5.28 Å². The Morgan fingerprint density at radius 2 is 1.81 bits per heavy atom. The van der Waals surface area contributed by atoms with Gasteiger partial charge >= 0.3 is 0 Å². The van der Waals surface area contributed by atoms with Crippen LogP contribution in [0.15, 0.2) is 48.8 Å². The molecule has 0 atom stereocenters. The number of aryl methyl sites for hydroxylation is 1. The lowest BCUT2D eigenvalue weighted by Crippen LogP contribution is -2.02. The van der Waals surface area contributed by atoms with Crippen molar-refractivity contribution >= 4 is 22.5 Å². The van der Waals surface area contributed by atoms with E-state index in [2.05, 4.69) is 15.0 Å². The number of rotatable bonds is 5. The predicted octanol–water partition coefficient (Wildman–Crippen LogP) is 3.69. The fraction of sp³-hybridized carbons (Fsp3) is 0.188. The molecule has 0 aliphatic carbocycles. The minimum absolute atomic E-state index is 0.206. The monoisotopic (exact) mass is 299 g/mol. The van der Waals surface area contributed by atoms with Crippen molar-refractivity contribution in [2.24, 2.45) is 0 Å². The van der Waals surface area contributed by atoms with Crippen LogP contribution in [-0.4, -0.2) is 21.6 Å². The van der Waals surface area contributed by atoms with E-state index < -0.39 is 0 Å². The van der Waals surface area contributed by atoms with Gasteiger partial charge in [0, 0.05) is 12.4 Å². The first kappa shape index (κ1) is 13.8. The Labute approximate surface area is 127 Å². The molecule has 21 heavy (non-hydrogen) atoms. The largest absolute Gasteiger partial charge is 0.477 e. The molecule has 0 unspecified atom stereocenters. The molecule has 2 aromatic heterocycles. The topological polar surface area (TPSA) is 47.9 Å². The molecule has 0 N–H and O–H groups in total. The molecule has 0 bridgehead atoms. The first-order valence-corrected chi connectivity index (χ1v) is 7.15. The summed E-state index contributed by atoms with van der Waals surface area (Å²) in [5.41, 5.74) is 2.04. The minimum atomic E-state index is 0.206. The van der Waals surface area contributed by atoms with Crippen LogP contribution in [0.3, 0.4) is 0 Å². The maximum absolute atomic E-state index is 5.92. The molecule has 0 aliphatic rings. The summed E-state index contributed by atoms with van der Waals surface area (Å²) >= 11 is 5.92. The van der Waals surface area contributed by atoms with E-state index in [4.69, 9.17) is 16.3 Å². The van der Waals surface area contributed by atoms with E-state index in [0.717, 1.165) is 23.7 Å². The highest BCUT2D eigenvalue weighted by atomic mass is 35.5. The highest BCUT2D eigenvalue weighted by Crippen LogP contribution is 2.23. The average molecular weight is 300 g/mol. The second-order valence-electron chi connectivity index (χ2n) is 4.62. The van der Waals surface area contributed by atoms with Crippen molar-refractivity contribution in [3.63, 3.8) is 0 Å². The zero-order valence-electron chi connectivity index (χ0n) is 11.4. The maximum atomic E-state index is 5.92. The smallest absolute Gasteiger partial charge is 0.226 e. The molecule has 0 fully saturated rings. The van der Waals surface area contributed by atoms with Crippen LogP contribution in [0.2, 0.25) is 5.28 Å². The number of aromatic nitrogens is 3. The highest BCUT2D eigenvalue weighted by Gasteiger charge is 2.07. The Hall–Kier alpha value is -2.20. The molecule has 0 radical (unpaired) electrons. The number of hydrogen-bond donors (Lipinski definition) is 0. The summed E-state index contributed by atoms with van der Waals surface area (Å²) in [6, 6.07) is 11.7. The van der Waals surface area contributed by atoms with Crippen molar-refractivity contribution < 1.29 is 4.74 Å². The summed E-state index contributed by atoms with van der Waals surface area (Å²) in [4.78, 5) is 12.3. The third kappa shape index (κ3) is 3.47. The van der Waals surface area contributed by atoms with E-state index in [1.54, 1.807) is 12.4 Å². The summed E-state index contributed by atoms with van der Waals surface area (Å²) < 4.78 is 5.77. The number of hydrogen-bond acceptors (Lipinski definition) is 4. The molecule has 2 heterocycles. The van der Waals surface area contributed by atoms with Crippen LogP contribution in [0, 0.1) is 0 Å². The van der Waals surface area contributed by atoms with E-state index in [1.165, 1.54) is 5.56 Å². The molecular weight excluding hydrogens is 286 g/mol. The van der Waals surface area contributed by atoms with Crippen molar-refractivity contribution in [3.05, 3.63) is 59.6 Å². The quantitative estimate of drug-likeness (QED) is 0.532. The second-order valence-corrected chi connectivity index (χ2v) is 4.96. The normalized spacial score (nSPS) is 10.7. The van der Waals surface area contributed by atoms with Gasteiger partial charge < -0.3 is 4.74 Å². The Morgan fingerprint density at radius 1 is 1.00 bits per heavy atom. The third-order valence-electron chi connectivity index (χ3n) is 3.14. The fourth-order valence-electron chi connectivity index (χ4n) is 2.13. The molecular formula is C16H14ClN3O. The van der Waals surface area contributed by atoms with Gasteiger partial charge in [0.25, 0.3) is 0 Å². The number of halogens is 1. The summed E-state index contributed by atoms with van der Waals surface area (Å²) in [5, 5.41) is 1.09. The SMILES string of the molecule is Clc1nc(OCCCc2ccncc2)c2ccccc2n1. The molecule has 0 saturated heterocycles. The molecule has 4 nitrogen and oxygen atoms in total. The van der Waals surface area contributed by atoms with Gasteiger partial charge in [-0.15, -0.1) is 0 Å². The van der Waals surface area contributed by atoms with Crippen LogP contribution in [0.1, 0.15) is 12.0 Å². The summed E-state index contributed by atoms with van der Waals surface area (Å²) in [7, 11) is 0. The molecule has 3 rings (SSSR count). The Balaban J connectivity index is 1.65. The van der Waals surface area contributed by atoms with Crippen molar-refractivity contribution in [2.45, 2.75) is 12.8 Å². The van der Waals surface area contributed by atoms with Gasteiger partial charge in [-0.2, -0.15) is 4.98 Å². The minimum Gasteiger partial charge on any atom is -0.477 e. The van der Waals surface area contributed by atoms with E-state index in [9.17, 15) is 0 Å². The molecule has 3 aromatic rings. The van der Waals surface area contributed by atoms with Gasteiger partial charge in [-0.1, -0.05) is 12.1 Å². The van der Waals surface area contributed by atoms with Crippen LogP contribution < -0.4 is 4.74 Å². The van der Waals surface area contributed by atoms with Crippen molar-refractivity contribution in [2.75, 3.05) is 6.61 Å². The van der Waals surface area contributed by atoms with Crippen LogP contribution in [0.4, 0.5) is 0 Å². The molecule has 0 spiro atoms. The number of benzene rings is 1. The molecule has 0 amide bonds. The molecule has 0 aliphatic heterocycles. The highest BCUT2D eigenvalue weighted by molar-refractivity contribution is 6.28. The van der Waals surface area contributed by atoms with Crippen molar-refractivity contribution in [1.29, 1.82) is 0 Å². The first-order valence-electron chi connectivity index (χ1n) is 6.77. The van der Waals surface area contributed by atoms with Gasteiger partial charge in [-0.05, 0) is 54.3 Å². The Bertz CT molecular complexity index is 734. The molecule has 0 saturated carbocycles.